The van der Waals surface area contributed by atoms with E-state index in [9.17, 15) is 5.21 Å². The van der Waals surface area contributed by atoms with E-state index in [1.54, 1.807) is 0 Å². The van der Waals surface area contributed by atoms with Gasteiger partial charge in [0.05, 0.1) is 0 Å². The Bertz CT molecular complexity index is 290. The normalized spacial score (nSPS) is 16.2. The Kier molecular flexibility index (Phi) is 2.85. The van der Waals surface area contributed by atoms with Crippen LogP contribution in [0.5, 0.6) is 0 Å². The molecule has 0 spiro atoms. The average Bonchev–Trinajstić information content (AvgIpc) is 3.00. The van der Waals surface area contributed by atoms with Crippen molar-refractivity contribution in [2.45, 2.75) is 32.2 Å². The average molecular weight is 191 g/mol. The third-order valence-corrected chi connectivity index (χ3v) is 2.72. The van der Waals surface area contributed by atoms with E-state index in [0.717, 1.165) is 25.8 Å². The quantitative estimate of drug-likeness (QED) is 0.739. The van der Waals surface area contributed by atoms with Crippen LogP contribution in [-0.4, -0.2) is 22.9 Å². The summed E-state index contributed by atoms with van der Waals surface area (Å²) >= 11 is 0. The van der Waals surface area contributed by atoms with Crippen molar-refractivity contribution in [2.75, 3.05) is 6.54 Å². The molecule has 1 fully saturated rings. The molecule has 76 valence electrons. The monoisotopic (exact) mass is 191 g/mol. The van der Waals surface area contributed by atoms with Crippen molar-refractivity contribution in [3.05, 3.63) is 35.4 Å². The highest BCUT2D eigenvalue weighted by molar-refractivity contribution is 5.21. The van der Waals surface area contributed by atoms with Gasteiger partial charge >= 0.3 is 0 Å². The maximum Gasteiger partial charge on any atom is 0.0351 e. The molecule has 0 bridgehead atoms. The van der Waals surface area contributed by atoms with Crippen molar-refractivity contribution >= 4 is 0 Å². The first-order chi connectivity index (χ1) is 6.75. The maximum absolute atomic E-state index is 9.54. The fourth-order valence-electron chi connectivity index (χ4n) is 1.55. The van der Waals surface area contributed by atoms with E-state index in [0.29, 0.717) is 6.04 Å². The maximum atomic E-state index is 9.54. The molecular formula is C12H17NO. The van der Waals surface area contributed by atoms with Crippen molar-refractivity contribution in [1.82, 2.24) is 5.06 Å². The van der Waals surface area contributed by atoms with Gasteiger partial charge in [0, 0.05) is 12.6 Å². The number of nitrogens with zero attached hydrogens (tertiary/aromatic N) is 1. The van der Waals surface area contributed by atoms with E-state index in [4.69, 9.17) is 0 Å². The number of hydrogen-bond donors (Lipinski definition) is 1. The summed E-state index contributed by atoms with van der Waals surface area (Å²) in [6, 6.07) is 8.95. The molecule has 2 heteroatoms. The molecule has 0 atom stereocenters. The van der Waals surface area contributed by atoms with Gasteiger partial charge in [0.25, 0.3) is 0 Å². The van der Waals surface area contributed by atoms with Crippen molar-refractivity contribution in [1.29, 1.82) is 0 Å². The van der Waals surface area contributed by atoms with Crippen LogP contribution in [0.1, 0.15) is 24.0 Å². The molecule has 0 heterocycles. The Hall–Kier alpha value is -0.860. The summed E-state index contributed by atoms with van der Waals surface area (Å²) < 4.78 is 0. The zero-order valence-electron chi connectivity index (χ0n) is 8.61. The summed E-state index contributed by atoms with van der Waals surface area (Å²) in [6.07, 6.45) is 3.25. The zero-order valence-corrected chi connectivity index (χ0v) is 8.61. The van der Waals surface area contributed by atoms with Gasteiger partial charge in [-0.3, -0.25) is 0 Å². The van der Waals surface area contributed by atoms with Gasteiger partial charge in [-0.2, -0.15) is 5.06 Å². The van der Waals surface area contributed by atoms with Crippen molar-refractivity contribution in [3.63, 3.8) is 0 Å². The van der Waals surface area contributed by atoms with Gasteiger partial charge in [0.1, 0.15) is 0 Å². The number of hydrogen-bond acceptors (Lipinski definition) is 2. The van der Waals surface area contributed by atoms with Crippen LogP contribution in [0.2, 0.25) is 0 Å². The molecule has 1 N–H and O–H groups in total. The fraction of sp³-hybridized carbons (Fsp3) is 0.500. The van der Waals surface area contributed by atoms with Crippen LogP contribution in [0.4, 0.5) is 0 Å². The second-order valence-electron chi connectivity index (χ2n) is 4.13. The molecule has 1 aliphatic carbocycles. The summed E-state index contributed by atoms with van der Waals surface area (Å²) in [5.74, 6) is 0. The lowest BCUT2D eigenvalue weighted by molar-refractivity contribution is -0.0982. The predicted octanol–water partition coefficient (Wildman–Crippen LogP) is 2.39. The first kappa shape index (κ1) is 9.69. The molecule has 0 saturated heterocycles. The molecule has 0 radical (unpaired) electrons. The van der Waals surface area contributed by atoms with Crippen molar-refractivity contribution in [3.8, 4) is 0 Å². The molecule has 1 aromatic rings. The van der Waals surface area contributed by atoms with Crippen LogP contribution in [-0.2, 0) is 6.42 Å². The highest BCUT2D eigenvalue weighted by Crippen LogP contribution is 2.25. The van der Waals surface area contributed by atoms with E-state index in [1.807, 2.05) is 0 Å². The minimum atomic E-state index is 0.445. The second kappa shape index (κ2) is 4.11. The van der Waals surface area contributed by atoms with Crippen molar-refractivity contribution in [2.24, 2.45) is 0 Å². The number of aryl methyl sites for hydroxylation is 1. The van der Waals surface area contributed by atoms with E-state index < -0.39 is 0 Å². The highest BCUT2D eigenvalue weighted by Gasteiger charge is 2.27. The first-order valence-electron chi connectivity index (χ1n) is 5.27. The smallest absolute Gasteiger partial charge is 0.0351 e. The van der Waals surface area contributed by atoms with Gasteiger partial charge in [-0.25, -0.2) is 0 Å². The molecule has 1 aromatic carbocycles. The first-order valence-corrected chi connectivity index (χ1v) is 5.27. The molecule has 2 rings (SSSR count). The Balaban J connectivity index is 1.82. The lowest BCUT2D eigenvalue weighted by Gasteiger charge is -2.13. The van der Waals surface area contributed by atoms with E-state index >= 15 is 0 Å². The lowest BCUT2D eigenvalue weighted by Crippen LogP contribution is -2.24. The fourth-order valence-corrected chi connectivity index (χ4v) is 1.55. The number of benzene rings is 1. The number of hydroxylamine groups is 2. The Morgan fingerprint density at radius 1 is 1.29 bits per heavy atom. The third-order valence-electron chi connectivity index (χ3n) is 2.72. The molecule has 0 unspecified atom stereocenters. The zero-order chi connectivity index (χ0) is 9.97. The van der Waals surface area contributed by atoms with E-state index in [-0.39, 0.29) is 0 Å². The molecule has 14 heavy (non-hydrogen) atoms. The summed E-state index contributed by atoms with van der Waals surface area (Å²) in [5, 5.41) is 11.0. The van der Waals surface area contributed by atoms with Gasteiger partial charge in [0.2, 0.25) is 0 Å². The van der Waals surface area contributed by atoms with Gasteiger partial charge in [-0.15, -0.1) is 0 Å². The Morgan fingerprint density at radius 3 is 2.50 bits per heavy atom. The standard InChI is InChI=1S/C12H17NO/c1-10-2-4-11(5-3-10)8-9-13(14)12-6-7-12/h2-5,12,14H,6-9H2,1H3. The minimum Gasteiger partial charge on any atom is -0.314 e. The minimum absolute atomic E-state index is 0.445. The molecule has 2 nitrogen and oxygen atoms in total. The molecule has 0 aromatic heterocycles. The number of rotatable bonds is 4. The van der Waals surface area contributed by atoms with E-state index in [2.05, 4.69) is 31.2 Å². The molecule has 1 aliphatic rings. The van der Waals surface area contributed by atoms with Crippen LogP contribution in [0.3, 0.4) is 0 Å². The Labute approximate surface area is 85.1 Å². The van der Waals surface area contributed by atoms with Gasteiger partial charge < -0.3 is 5.21 Å². The third kappa shape index (κ3) is 2.56. The summed E-state index contributed by atoms with van der Waals surface area (Å²) in [7, 11) is 0. The van der Waals surface area contributed by atoms with Gasteiger partial charge in [-0.1, -0.05) is 29.8 Å². The SMILES string of the molecule is Cc1ccc(CCN(O)C2CC2)cc1. The molecule has 1 saturated carbocycles. The topological polar surface area (TPSA) is 23.5 Å². The summed E-state index contributed by atoms with van der Waals surface area (Å²) in [6.45, 7) is 2.85. The second-order valence-corrected chi connectivity index (χ2v) is 4.13. The van der Waals surface area contributed by atoms with Crippen LogP contribution >= 0.6 is 0 Å². The van der Waals surface area contributed by atoms with Crippen LogP contribution in [0.15, 0.2) is 24.3 Å². The van der Waals surface area contributed by atoms with Crippen molar-refractivity contribution < 1.29 is 5.21 Å². The molecular weight excluding hydrogens is 174 g/mol. The highest BCUT2D eigenvalue weighted by atomic mass is 16.5. The Morgan fingerprint density at radius 2 is 1.93 bits per heavy atom. The largest absolute Gasteiger partial charge is 0.314 e. The molecule has 0 amide bonds. The summed E-state index contributed by atoms with van der Waals surface area (Å²) in [5.41, 5.74) is 2.59. The van der Waals surface area contributed by atoms with Crippen LogP contribution in [0, 0.1) is 6.92 Å². The lowest BCUT2D eigenvalue weighted by atomic mass is 10.1. The van der Waals surface area contributed by atoms with Gasteiger partial charge in [-0.05, 0) is 31.7 Å². The predicted molar refractivity (Wildman–Crippen MR) is 56.4 cm³/mol. The van der Waals surface area contributed by atoms with Crippen LogP contribution in [0.25, 0.3) is 0 Å². The van der Waals surface area contributed by atoms with E-state index in [1.165, 1.54) is 16.2 Å². The molecule has 0 aliphatic heterocycles. The van der Waals surface area contributed by atoms with Crippen LogP contribution < -0.4 is 0 Å². The summed E-state index contributed by atoms with van der Waals surface area (Å²) in [4.78, 5) is 0. The van der Waals surface area contributed by atoms with Gasteiger partial charge in [0.15, 0.2) is 0 Å².